The minimum Gasteiger partial charge on any atom is -0.481 e. The predicted molar refractivity (Wildman–Crippen MR) is 96.8 cm³/mol. The molecule has 1 unspecified atom stereocenters. The topological polar surface area (TPSA) is 110 Å². The van der Waals surface area contributed by atoms with Gasteiger partial charge in [0.1, 0.15) is 9.77 Å². The first-order valence-corrected chi connectivity index (χ1v) is 10.1. The maximum Gasteiger partial charge on any atom is 0.349 e. The molecule has 9 heteroatoms. The normalized spacial score (nSPS) is 12.5. The highest BCUT2D eigenvalue weighted by Crippen LogP contribution is 2.23. The molecule has 0 saturated heterocycles. The smallest absolute Gasteiger partial charge is 0.349 e. The van der Waals surface area contributed by atoms with Crippen LogP contribution in [-0.4, -0.2) is 38.6 Å². The Hall–Kier alpha value is -2.23. The van der Waals surface area contributed by atoms with Gasteiger partial charge in [-0.3, -0.25) is 4.79 Å². The first-order chi connectivity index (χ1) is 12.3. The number of carbonyl (C=O) groups excluding carboxylic acids is 1. The SMILES string of the molecule is COC(=O)c1sccc1S(=O)(=O)NC(CCC(=O)O)Cc1ccccc1. The lowest BCUT2D eigenvalue weighted by Crippen LogP contribution is -2.37. The summed E-state index contributed by atoms with van der Waals surface area (Å²) >= 11 is 0.971. The fourth-order valence-corrected chi connectivity index (χ4v) is 5.04. The molecule has 0 spiro atoms. The maximum atomic E-state index is 12.7. The number of carboxylic acids is 1. The van der Waals surface area contributed by atoms with Gasteiger partial charge >= 0.3 is 11.9 Å². The van der Waals surface area contributed by atoms with Crippen molar-refractivity contribution in [3.05, 3.63) is 52.2 Å². The van der Waals surface area contributed by atoms with E-state index < -0.39 is 28.0 Å². The maximum absolute atomic E-state index is 12.7. The summed E-state index contributed by atoms with van der Waals surface area (Å²) in [5, 5.41) is 10.4. The quantitative estimate of drug-likeness (QED) is 0.628. The lowest BCUT2D eigenvalue weighted by atomic mass is 10.0. The van der Waals surface area contributed by atoms with Gasteiger partial charge in [0.15, 0.2) is 0 Å². The van der Waals surface area contributed by atoms with Gasteiger partial charge in [-0.25, -0.2) is 17.9 Å². The van der Waals surface area contributed by atoms with E-state index in [9.17, 15) is 18.0 Å². The molecule has 0 aliphatic heterocycles. The first kappa shape index (κ1) is 20.1. The molecule has 1 aromatic heterocycles. The summed E-state index contributed by atoms with van der Waals surface area (Å²) in [7, 11) is -2.83. The van der Waals surface area contributed by atoms with Crippen molar-refractivity contribution in [2.75, 3.05) is 7.11 Å². The fraction of sp³-hybridized carbons (Fsp3) is 0.294. The van der Waals surface area contributed by atoms with E-state index in [0.717, 1.165) is 16.9 Å². The molecule has 0 bridgehead atoms. The van der Waals surface area contributed by atoms with Crippen molar-refractivity contribution < 1.29 is 27.9 Å². The largest absolute Gasteiger partial charge is 0.481 e. The lowest BCUT2D eigenvalue weighted by Gasteiger charge is -2.18. The third-order valence-corrected chi connectivity index (χ3v) is 6.23. The van der Waals surface area contributed by atoms with Crippen LogP contribution in [0.5, 0.6) is 0 Å². The van der Waals surface area contributed by atoms with Crippen molar-refractivity contribution in [3.8, 4) is 0 Å². The molecule has 0 radical (unpaired) electrons. The third kappa shape index (κ3) is 5.38. The van der Waals surface area contributed by atoms with Crippen LogP contribution in [0.25, 0.3) is 0 Å². The monoisotopic (exact) mass is 397 g/mol. The second-order valence-corrected chi connectivity index (χ2v) is 8.14. The predicted octanol–water partition coefficient (Wildman–Crippen LogP) is 2.29. The minimum absolute atomic E-state index is 0.0169. The van der Waals surface area contributed by atoms with E-state index in [0.29, 0.717) is 6.42 Å². The van der Waals surface area contributed by atoms with E-state index >= 15 is 0 Å². The number of ether oxygens (including phenoxy) is 1. The van der Waals surface area contributed by atoms with Gasteiger partial charge in [-0.1, -0.05) is 30.3 Å². The van der Waals surface area contributed by atoms with Crippen molar-refractivity contribution in [2.24, 2.45) is 0 Å². The highest BCUT2D eigenvalue weighted by molar-refractivity contribution is 7.89. The highest BCUT2D eigenvalue weighted by atomic mass is 32.2. The van der Waals surface area contributed by atoms with Crippen LogP contribution in [-0.2, 0) is 26.0 Å². The van der Waals surface area contributed by atoms with Crippen molar-refractivity contribution in [2.45, 2.75) is 30.2 Å². The van der Waals surface area contributed by atoms with E-state index in [1.54, 1.807) is 0 Å². The summed E-state index contributed by atoms with van der Waals surface area (Å²) in [6, 6.07) is 9.88. The van der Waals surface area contributed by atoms with E-state index in [1.807, 2.05) is 30.3 Å². The average Bonchev–Trinajstić information content (AvgIpc) is 3.10. The standard InChI is InChI=1S/C17H19NO6S2/c1-24-17(21)16-14(9-10-25-16)26(22,23)18-13(7-8-15(19)20)11-12-5-3-2-4-6-12/h2-6,9-10,13,18H,7-8,11H2,1H3,(H,19,20). The minimum atomic E-state index is -4.00. The molecule has 2 rings (SSSR count). The van der Waals surface area contributed by atoms with Gasteiger partial charge in [0.25, 0.3) is 0 Å². The van der Waals surface area contributed by atoms with Crippen LogP contribution < -0.4 is 4.72 Å². The van der Waals surface area contributed by atoms with Crippen LogP contribution >= 0.6 is 11.3 Å². The molecule has 0 aliphatic carbocycles. The van der Waals surface area contributed by atoms with Crippen molar-refractivity contribution in [1.82, 2.24) is 4.72 Å². The molecule has 7 nitrogen and oxygen atoms in total. The van der Waals surface area contributed by atoms with Crippen molar-refractivity contribution in [3.63, 3.8) is 0 Å². The molecule has 0 amide bonds. The Morgan fingerprint density at radius 1 is 1.23 bits per heavy atom. The van der Waals surface area contributed by atoms with E-state index in [4.69, 9.17) is 5.11 Å². The molecule has 0 fully saturated rings. The number of aliphatic carboxylic acids is 1. The summed E-state index contributed by atoms with van der Waals surface area (Å²) in [5.41, 5.74) is 0.879. The van der Waals surface area contributed by atoms with Gasteiger partial charge in [0.05, 0.1) is 7.11 Å². The van der Waals surface area contributed by atoms with Gasteiger partial charge in [0, 0.05) is 12.5 Å². The summed E-state index contributed by atoms with van der Waals surface area (Å²) in [6.07, 6.45) is 0.291. The van der Waals surface area contributed by atoms with Crippen molar-refractivity contribution in [1.29, 1.82) is 0 Å². The van der Waals surface area contributed by atoms with E-state index in [1.165, 1.54) is 18.6 Å². The van der Waals surface area contributed by atoms with Gasteiger partial charge in [-0.05, 0) is 29.9 Å². The summed E-state index contributed by atoms with van der Waals surface area (Å²) in [6.45, 7) is 0. The number of rotatable bonds is 9. The molecule has 0 aliphatic rings. The molecular weight excluding hydrogens is 378 g/mol. The summed E-state index contributed by atoms with van der Waals surface area (Å²) in [5.74, 6) is -1.74. The fourth-order valence-electron chi connectivity index (χ4n) is 2.43. The molecule has 0 saturated carbocycles. The summed E-state index contributed by atoms with van der Waals surface area (Å²) < 4.78 is 32.6. The van der Waals surface area contributed by atoms with Gasteiger partial charge < -0.3 is 9.84 Å². The Labute approximate surface area is 155 Å². The van der Waals surface area contributed by atoms with Gasteiger partial charge in [0.2, 0.25) is 10.0 Å². The number of esters is 1. The average molecular weight is 397 g/mol. The van der Waals surface area contributed by atoms with E-state index in [-0.39, 0.29) is 22.6 Å². The van der Waals surface area contributed by atoms with Crippen LogP contribution in [0.2, 0.25) is 0 Å². The number of thiophene rings is 1. The number of methoxy groups -OCH3 is 1. The van der Waals surface area contributed by atoms with Crippen LogP contribution in [0.4, 0.5) is 0 Å². The zero-order chi connectivity index (χ0) is 19.2. The molecule has 26 heavy (non-hydrogen) atoms. The number of nitrogens with one attached hydrogen (secondary N) is 1. The van der Waals surface area contributed by atoms with Crippen LogP contribution in [0.15, 0.2) is 46.7 Å². The molecule has 2 aromatic rings. The van der Waals surface area contributed by atoms with Crippen molar-refractivity contribution >= 4 is 33.3 Å². The van der Waals surface area contributed by atoms with Crippen LogP contribution in [0.3, 0.4) is 0 Å². The second kappa shape index (κ2) is 8.93. The number of sulfonamides is 1. The summed E-state index contributed by atoms with van der Waals surface area (Å²) in [4.78, 5) is 22.5. The zero-order valence-corrected chi connectivity index (χ0v) is 15.7. The van der Waals surface area contributed by atoms with Crippen LogP contribution in [0, 0.1) is 0 Å². The number of carboxylic acid groups (broad SMARTS) is 1. The first-order valence-electron chi connectivity index (χ1n) is 7.77. The van der Waals surface area contributed by atoms with E-state index in [2.05, 4.69) is 9.46 Å². The zero-order valence-electron chi connectivity index (χ0n) is 14.0. The number of hydrogen-bond acceptors (Lipinski definition) is 6. The number of hydrogen-bond donors (Lipinski definition) is 2. The Morgan fingerprint density at radius 2 is 1.92 bits per heavy atom. The highest BCUT2D eigenvalue weighted by Gasteiger charge is 2.27. The Morgan fingerprint density at radius 3 is 2.54 bits per heavy atom. The Bertz CT molecular complexity index is 860. The Balaban J connectivity index is 2.24. The molecule has 2 N–H and O–H groups in total. The third-order valence-electron chi connectivity index (χ3n) is 3.64. The lowest BCUT2D eigenvalue weighted by molar-refractivity contribution is -0.137. The second-order valence-electron chi connectivity index (χ2n) is 5.55. The molecular formula is C17H19NO6S2. The number of carbonyl (C=O) groups is 2. The molecule has 140 valence electrons. The van der Waals surface area contributed by atoms with Gasteiger partial charge in [-0.2, -0.15) is 0 Å². The van der Waals surface area contributed by atoms with Gasteiger partial charge in [-0.15, -0.1) is 11.3 Å². The molecule has 1 atom stereocenters. The Kier molecular flexibility index (Phi) is 6.90. The number of benzene rings is 1. The molecule has 1 aromatic carbocycles. The molecule has 1 heterocycles. The van der Waals surface area contributed by atoms with Crippen LogP contribution in [0.1, 0.15) is 28.1 Å².